The third-order valence-electron chi connectivity index (χ3n) is 3.40. The van der Waals surface area contributed by atoms with Crippen molar-refractivity contribution >= 4 is 27.4 Å². The molecular weight excluding hydrogens is 253 g/mol. The number of benzene rings is 1. The molecule has 3 nitrogen and oxygen atoms in total. The summed E-state index contributed by atoms with van der Waals surface area (Å²) in [4.78, 5) is 12.2. The molecule has 2 unspecified atom stereocenters. The van der Waals surface area contributed by atoms with Crippen molar-refractivity contribution in [3.8, 4) is 0 Å². The van der Waals surface area contributed by atoms with Crippen LogP contribution >= 0.6 is 11.3 Å². The summed E-state index contributed by atoms with van der Waals surface area (Å²) in [7, 11) is 0. The molecule has 0 bridgehead atoms. The lowest BCUT2D eigenvalue weighted by Crippen LogP contribution is -2.20. The number of carboxylic acid groups (broad SMARTS) is 1. The highest BCUT2D eigenvalue weighted by Crippen LogP contribution is 2.36. The molecule has 94 valence electrons. The molecule has 0 radical (unpaired) electrons. The van der Waals surface area contributed by atoms with Crippen LogP contribution in [0.2, 0.25) is 0 Å². The summed E-state index contributed by atoms with van der Waals surface area (Å²) in [5, 5.41) is 13.3. The second-order valence-electron chi connectivity index (χ2n) is 4.54. The van der Waals surface area contributed by atoms with Crippen LogP contribution in [0.5, 0.6) is 0 Å². The predicted octanol–water partition coefficient (Wildman–Crippen LogP) is 2.43. The van der Waals surface area contributed by atoms with Gasteiger partial charge in [-0.3, -0.25) is 4.79 Å². The monoisotopic (exact) mass is 265 g/mol. The minimum Gasteiger partial charge on any atom is -0.481 e. The molecule has 2 heterocycles. The van der Waals surface area contributed by atoms with E-state index in [1.54, 1.807) is 6.07 Å². The van der Waals surface area contributed by atoms with Gasteiger partial charge >= 0.3 is 5.97 Å². The fourth-order valence-electron chi connectivity index (χ4n) is 2.45. The van der Waals surface area contributed by atoms with Crippen LogP contribution < -0.4 is 5.32 Å². The molecular formula is C13H12FNO2S. The normalized spacial score (nSPS) is 23.6. The Morgan fingerprint density at radius 1 is 1.39 bits per heavy atom. The van der Waals surface area contributed by atoms with Gasteiger partial charge in [-0.2, -0.15) is 0 Å². The predicted molar refractivity (Wildman–Crippen MR) is 68.5 cm³/mol. The first-order valence-electron chi connectivity index (χ1n) is 5.77. The third kappa shape index (κ3) is 1.89. The van der Waals surface area contributed by atoms with E-state index in [9.17, 15) is 9.18 Å². The molecule has 1 fully saturated rings. The van der Waals surface area contributed by atoms with Crippen LogP contribution in [-0.4, -0.2) is 24.2 Å². The number of nitrogens with one attached hydrogen (secondary N) is 1. The van der Waals surface area contributed by atoms with E-state index < -0.39 is 5.97 Å². The number of aliphatic carboxylic acids is 1. The molecule has 2 aromatic rings. The molecule has 5 heteroatoms. The minimum absolute atomic E-state index is 0.0111. The highest BCUT2D eigenvalue weighted by atomic mass is 32.1. The molecule has 2 atom stereocenters. The van der Waals surface area contributed by atoms with Gasteiger partial charge in [0.2, 0.25) is 0 Å². The van der Waals surface area contributed by atoms with Gasteiger partial charge in [-0.05, 0) is 23.6 Å². The van der Waals surface area contributed by atoms with Gasteiger partial charge in [0, 0.05) is 28.6 Å². The van der Waals surface area contributed by atoms with Gasteiger partial charge in [0.1, 0.15) is 5.82 Å². The maximum Gasteiger partial charge on any atom is 0.308 e. The summed E-state index contributed by atoms with van der Waals surface area (Å²) < 4.78 is 14.0. The summed E-state index contributed by atoms with van der Waals surface area (Å²) in [5.41, 5.74) is 0. The smallest absolute Gasteiger partial charge is 0.308 e. The molecule has 3 rings (SSSR count). The summed E-state index contributed by atoms with van der Waals surface area (Å²) >= 11 is 1.49. The summed E-state index contributed by atoms with van der Waals surface area (Å²) in [5.74, 6) is -1.42. The van der Waals surface area contributed by atoms with Crippen LogP contribution in [0.1, 0.15) is 10.8 Å². The maximum atomic E-state index is 13.1. The molecule has 0 saturated carbocycles. The van der Waals surface area contributed by atoms with Crippen LogP contribution in [0.15, 0.2) is 24.3 Å². The van der Waals surface area contributed by atoms with Crippen molar-refractivity contribution in [2.75, 3.05) is 13.1 Å². The molecule has 1 aromatic carbocycles. The molecule has 1 aliphatic heterocycles. The van der Waals surface area contributed by atoms with E-state index in [0.29, 0.717) is 13.1 Å². The Bertz CT molecular complexity index is 610. The third-order valence-corrected chi connectivity index (χ3v) is 4.63. The standard InChI is InChI=1S/C13H12FNO2S/c14-8-2-1-7-3-12(18-11(7)4-8)9-5-15-6-10(9)13(16)17/h1-4,9-10,15H,5-6H2,(H,16,17). The number of carbonyl (C=O) groups is 1. The number of halogens is 1. The van der Waals surface area contributed by atoms with Crippen LogP contribution in [0.4, 0.5) is 4.39 Å². The first-order chi connectivity index (χ1) is 8.65. The average molecular weight is 265 g/mol. The van der Waals surface area contributed by atoms with Crippen molar-refractivity contribution < 1.29 is 14.3 Å². The topological polar surface area (TPSA) is 49.3 Å². The Labute approximate surface area is 107 Å². The SMILES string of the molecule is O=C(O)C1CNCC1c1cc2ccc(F)cc2s1. The van der Waals surface area contributed by atoms with E-state index in [1.165, 1.54) is 23.5 Å². The second kappa shape index (κ2) is 4.33. The number of hydrogen-bond donors (Lipinski definition) is 2. The van der Waals surface area contributed by atoms with E-state index in [2.05, 4.69) is 5.32 Å². The van der Waals surface area contributed by atoms with Crippen molar-refractivity contribution in [3.63, 3.8) is 0 Å². The quantitative estimate of drug-likeness (QED) is 0.876. The van der Waals surface area contributed by atoms with Crippen LogP contribution in [0.3, 0.4) is 0 Å². The Morgan fingerprint density at radius 3 is 3.00 bits per heavy atom. The number of rotatable bonds is 2. The number of hydrogen-bond acceptors (Lipinski definition) is 3. The molecule has 1 saturated heterocycles. The molecule has 0 amide bonds. The van der Waals surface area contributed by atoms with Crippen LogP contribution in [-0.2, 0) is 4.79 Å². The molecule has 0 aliphatic carbocycles. The van der Waals surface area contributed by atoms with Crippen molar-refractivity contribution in [3.05, 3.63) is 35.0 Å². The molecule has 18 heavy (non-hydrogen) atoms. The van der Waals surface area contributed by atoms with Crippen LogP contribution in [0.25, 0.3) is 10.1 Å². The Kier molecular flexibility index (Phi) is 2.80. The van der Waals surface area contributed by atoms with E-state index >= 15 is 0 Å². The zero-order valence-corrected chi connectivity index (χ0v) is 10.3. The summed E-state index contributed by atoms with van der Waals surface area (Å²) in [6, 6.07) is 6.65. The first kappa shape index (κ1) is 11.6. The van der Waals surface area contributed by atoms with E-state index in [-0.39, 0.29) is 17.7 Å². The lowest BCUT2D eigenvalue weighted by molar-refractivity contribution is -0.141. The lowest BCUT2D eigenvalue weighted by atomic mass is 9.94. The highest BCUT2D eigenvalue weighted by Gasteiger charge is 2.34. The van der Waals surface area contributed by atoms with E-state index in [4.69, 9.17) is 5.11 Å². The van der Waals surface area contributed by atoms with Gasteiger partial charge in [0.05, 0.1) is 5.92 Å². The fourth-order valence-corrected chi connectivity index (χ4v) is 3.70. The van der Waals surface area contributed by atoms with Gasteiger partial charge in [-0.15, -0.1) is 11.3 Å². The number of thiophene rings is 1. The zero-order chi connectivity index (χ0) is 12.7. The van der Waals surface area contributed by atoms with E-state index in [0.717, 1.165) is 15.0 Å². The summed E-state index contributed by atoms with van der Waals surface area (Å²) in [6.07, 6.45) is 0. The second-order valence-corrected chi connectivity index (χ2v) is 5.66. The Hall–Kier alpha value is -1.46. The lowest BCUT2D eigenvalue weighted by Gasteiger charge is -2.11. The van der Waals surface area contributed by atoms with Gasteiger partial charge in [-0.1, -0.05) is 6.07 Å². The minimum atomic E-state index is -0.770. The highest BCUT2D eigenvalue weighted by molar-refractivity contribution is 7.19. The van der Waals surface area contributed by atoms with Crippen LogP contribution in [0, 0.1) is 11.7 Å². The fraction of sp³-hybridized carbons (Fsp3) is 0.308. The molecule has 0 spiro atoms. The van der Waals surface area contributed by atoms with Crippen molar-refractivity contribution in [2.45, 2.75) is 5.92 Å². The molecule has 2 N–H and O–H groups in total. The number of fused-ring (bicyclic) bond motifs is 1. The number of carboxylic acids is 1. The van der Waals surface area contributed by atoms with Gasteiger partial charge in [0.25, 0.3) is 0 Å². The maximum absolute atomic E-state index is 13.1. The zero-order valence-electron chi connectivity index (χ0n) is 9.52. The van der Waals surface area contributed by atoms with Gasteiger partial charge in [0.15, 0.2) is 0 Å². The van der Waals surface area contributed by atoms with Crippen molar-refractivity contribution in [2.24, 2.45) is 5.92 Å². The summed E-state index contributed by atoms with van der Waals surface area (Å²) in [6.45, 7) is 1.18. The largest absolute Gasteiger partial charge is 0.481 e. The Balaban J connectivity index is 2.01. The van der Waals surface area contributed by atoms with Crippen molar-refractivity contribution in [1.29, 1.82) is 0 Å². The van der Waals surface area contributed by atoms with Gasteiger partial charge in [-0.25, -0.2) is 4.39 Å². The van der Waals surface area contributed by atoms with Gasteiger partial charge < -0.3 is 10.4 Å². The van der Waals surface area contributed by atoms with Crippen molar-refractivity contribution in [1.82, 2.24) is 5.32 Å². The molecule has 1 aliphatic rings. The Morgan fingerprint density at radius 2 is 2.22 bits per heavy atom. The average Bonchev–Trinajstić information content (AvgIpc) is 2.93. The molecule has 1 aromatic heterocycles. The van der Waals surface area contributed by atoms with E-state index in [1.807, 2.05) is 6.07 Å². The first-order valence-corrected chi connectivity index (χ1v) is 6.59.